The van der Waals surface area contributed by atoms with Gasteiger partial charge in [-0.2, -0.15) is 0 Å². The van der Waals surface area contributed by atoms with Gasteiger partial charge in [0, 0.05) is 12.8 Å². The maximum absolute atomic E-state index is 11.5. The molecule has 1 saturated heterocycles. The number of imide groups is 1. The smallest absolute Gasteiger partial charge is 0.329 e. The Bertz CT molecular complexity index is 421. The first-order valence-corrected chi connectivity index (χ1v) is 6.02. The Morgan fingerprint density at radius 2 is 2.10 bits per heavy atom. The van der Waals surface area contributed by atoms with E-state index in [1.165, 1.54) is 6.92 Å². The zero-order valence-electron chi connectivity index (χ0n) is 11.2. The first kappa shape index (κ1) is 15.7. The summed E-state index contributed by atoms with van der Waals surface area (Å²) in [7, 11) is 0. The van der Waals surface area contributed by atoms with Crippen LogP contribution in [0.4, 0.5) is 0 Å². The zero-order valence-corrected chi connectivity index (χ0v) is 11.2. The van der Waals surface area contributed by atoms with E-state index < -0.39 is 30.6 Å². The van der Waals surface area contributed by atoms with E-state index >= 15 is 0 Å². The molecule has 1 aliphatic heterocycles. The normalized spacial score (nSPS) is 17.3. The van der Waals surface area contributed by atoms with Gasteiger partial charge in [-0.1, -0.05) is 0 Å². The lowest BCUT2D eigenvalue weighted by atomic mass is 10.4. The highest BCUT2D eigenvalue weighted by molar-refractivity contribution is 6.02. The number of hydrogen-bond acceptors (Lipinski definition) is 6. The third-order valence-electron chi connectivity index (χ3n) is 2.65. The van der Waals surface area contributed by atoms with Crippen molar-refractivity contribution in [2.24, 2.45) is 5.28 Å². The molecule has 0 aromatic carbocycles. The molecule has 0 spiro atoms. The molecule has 1 heterocycles. The zero-order chi connectivity index (χ0) is 15.3. The highest BCUT2D eigenvalue weighted by Crippen LogP contribution is 2.16. The second-order valence-corrected chi connectivity index (χ2v) is 4.07. The second-order valence-electron chi connectivity index (χ2n) is 4.07. The maximum atomic E-state index is 11.5. The summed E-state index contributed by atoms with van der Waals surface area (Å²) in [5.41, 5.74) is 0. The quantitative estimate of drug-likeness (QED) is 0.295. The Hall–Kier alpha value is -2.39. The van der Waals surface area contributed by atoms with Crippen LogP contribution in [-0.4, -0.2) is 57.1 Å². The lowest BCUT2D eigenvalue weighted by Crippen LogP contribution is -2.39. The number of nitrogens with zero attached hydrogens (tertiary/aromatic N) is 4. The number of likely N-dealkylation sites (tertiary alicyclic amines) is 1. The predicted octanol–water partition coefficient (Wildman–Crippen LogP) is -0.303. The fourth-order valence-electron chi connectivity index (χ4n) is 1.66. The van der Waals surface area contributed by atoms with Gasteiger partial charge in [-0.05, 0) is 13.8 Å². The molecule has 1 rings (SSSR count). The van der Waals surface area contributed by atoms with E-state index in [0.717, 1.165) is 9.91 Å². The number of rotatable bonds is 7. The Labute approximate surface area is 114 Å². The molecule has 1 aliphatic rings. The van der Waals surface area contributed by atoms with Crippen LogP contribution in [-0.2, 0) is 19.2 Å². The van der Waals surface area contributed by atoms with E-state index in [-0.39, 0.29) is 24.4 Å². The van der Waals surface area contributed by atoms with Crippen molar-refractivity contribution in [2.75, 3.05) is 13.1 Å². The van der Waals surface area contributed by atoms with Crippen molar-refractivity contribution >= 4 is 17.8 Å². The Morgan fingerprint density at radius 3 is 2.55 bits per heavy atom. The van der Waals surface area contributed by atoms with Gasteiger partial charge in [0.1, 0.15) is 0 Å². The Kier molecular flexibility index (Phi) is 5.23. The van der Waals surface area contributed by atoms with Crippen LogP contribution in [0.1, 0.15) is 26.7 Å². The highest BCUT2D eigenvalue weighted by atomic mass is 16.7. The second kappa shape index (κ2) is 6.68. The summed E-state index contributed by atoms with van der Waals surface area (Å²) >= 11 is 0. The fraction of sp³-hybridized carbons (Fsp3) is 0.700. The number of carboxylic acid groups (broad SMARTS) is 1. The summed E-state index contributed by atoms with van der Waals surface area (Å²) in [4.78, 5) is 39.0. The van der Waals surface area contributed by atoms with Crippen molar-refractivity contribution < 1.29 is 29.3 Å². The first-order valence-electron chi connectivity index (χ1n) is 6.02. The largest absolute Gasteiger partial charge is 0.569 e. The van der Waals surface area contributed by atoms with E-state index in [4.69, 9.17) is 9.94 Å². The average molecular weight is 288 g/mol. The SMILES string of the molecule is CCN(CC(=O)O)/[N+]([O-])=N/OC(C)N1C(=O)CCC1=O. The molecule has 2 amide bonds. The monoisotopic (exact) mass is 288 g/mol. The molecular weight excluding hydrogens is 272 g/mol. The van der Waals surface area contributed by atoms with Gasteiger partial charge in [-0.3, -0.25) is 14.4 Å². The minimum Gasteiger partial charge on any atom is -0.569 e. The number of carboxylic acids is 1. The highest BCUT2D eigenvalue weighted by Gasteiger charge is 2.34. The minimum atomic E-state index is -1.19. The van der Waals surface area contributed by atoms with Crippen molar-refractivity contribution in [3.63, 3.8) is 0 Å². The summed E-state index contributed by atoms with van der Waals surface area (Å²) in [6, 6.07) is 0. The Morgan fingerprint density at radius 1 is 1.55 bits per heavy atom. The lowest BCUT2D eigenvalue weighted by Gasteiger charge is -2.19. The molecule has 0 aromatic rings. The number of likely N-dealkylation sites (N-methyl/N-ethyl adjacent to an activating group) is 1. The third-order valence-corrected chi connectivity index (χ3v) is 2.65. The molecule has 10 nitrogen and oxygen atoms in total. The van der Waals surface area contributed by atoms with Crippen molar-refractivity contribution in [2.45, 2.75) is 32.9 Å². The molecule has 0 aliphatic carbocycles. The average Bonchev–Trinajstić information content (AvgIpc) is 2.72. The van der Waals surface area contributed by atoms with Crippen molar-refractivity contribution in [3.8, 4) is 0 Å². The van der Waals surface area contributed by atoms with Gasteiger partial charge in [-0.25, -0.2) is 4.90 Å². The number of aliphatic carboxylic acids is 1. The van der Waals surface area contributed by atoms with Gasteiger partial charge < -0.3 is 15.2 Å². The summed E-state index contributed by atoms with van der Waals surface area (Å²) in [6.45, 7) is 2.54. The van der Waals surface area contributed by atoms with Gasteiger partial charge in [0.15, 0.2) is 6.54 Å². The number of amides is 2. The van der Waals surface area contributed by atoms with Gasteiger partial charge in [-0.15, -0.1) is 5.01 Å². The number of carbonyl (C=O) groups excluding carboxylic acids is 2. The Balaban J connectivity index is 2.63. The molecule has 0 bridgehead atoms. The van der Waals surface area contributed by atoms with Crippen LogP contribution >= 0.6 is 0 Å². The molecule has 112 valence electrons. The molecule has 1 unspecified atom stereocenters. The minimum absolute atomic E-state index is 0.0182. The summed E-state index contributed by atoms with van der Waals surface area (Å²) in [6.07, 6.45) is -0.806. The lowest BCUT2D eigenvalue weighted by molar-refractivity contribution is -0.709. The van der Waals surface area contributed by atoms with Crippen molar-refractivity contribution in [3.05, 3.63) is 5.21 Å². The van der Waals surface area contributed by atoms with Gasteiger partial charge in [0.25, 0.3) is 0 Å². The molecule has 0 aromatic heterocycles. The topological polar surface area (TPSA) is 126 Å². The third kappa shape index (κ3) is 3.80. The van der Waals surface area contributed by atoms with E-state index in [1.54, 1.807) is 6.92 Å². The van der Waals surface area contributed by atoms with E-state index in [1.807, 2.05) is 0 Å². The molecule has 0 saturated carbocycles. The van der Waals surface area contributed by atoms with Crippen molar-refractivity contribution in [1.82, 2.24) is 9.91 Å². The predicted molar refractivity (Wildman–Crippen MR) is 62.6 cm³/mol. The van der Waals surface area contributed by atoms with Crippen LogP contribution in [0.5, 0.6) is 0 Å². The molecular formula is C10H16N4O6. The molecule has 1 N–H and O–H groups in total. The fourth-order valence-corrected chi connectivity index (χ4v) is 1.66. The van der Waals surface area contributed by atoms with Crippen LogP contribution in [0.15, 0.2) is 5.28 Å². The number of carbonyl (C=O) groups is 3. The summed E-state index contributed by atoms with van der Waals surface area (Å²) in [5.74, 6) is -1.98. The van der Waals surface area contributed by atoms with Gasteiger partial charge >= 0.3 is 5.97 Å². The summed E-state index contributed by atoms with van der Waals surface area (Å²) in [5, 5.41) is 24.1. The van der Waals surface area contributed by atoms with E-state index in [2.05, 4.69) is 5.28 Å². The maximum Gasteiger partial charge on any atom is 0.329 e. The van der Waals surface area contributed by atoms with Crippen LogP contribution < -0.4 is 0 Å². The van der Waals surface area contributed by atoms with Crippen LogP contribution in [0, 0.1) is 5.21 Å². The molecule has 1 fully saturated rings. The van der Waals surface area contributed by atoms with E-state index in [0.29, 0.717) is 0 Å². The molecule has 20 heavy (non-hydrogen) atoms. The molecule has 0 radical (unpaired) electrons. The number of hydrogen-bond donors (Lipinski definition) is 1. The van der Waals surface area contributed by atoms with Crippen LogP contribution in [0.2, 0.25) is 0 Å². The standard InChI is InChI=1S/C10H16N4O6/c1-3-12(6-10(17)18)14(19)11-20-7(2)13-8(15)4-5-9(13)16/h7H,3-6H2,1-2H3,(H,17,18)/b14-11-. The molecule has 10 heteroatoms. The first-order chi connectivity index (χ1) is 9.36. The summed E-state index contributed by atoms with van der Waals surface area (Å²) < 4.78 is 0. The van der Waals surface area contributed by atoms with Crippen LogP contribution in [0.25, 0.3) is 0 Å². The molecule has 1 atom stereocenters. The van der Waals surface area contributed by atoms with Crippen LogP contribution in [0.3, 0.4) is 0 Å². The number of hydrazine groups is 1. The van der Waals surface area contributed by atoms with Crippen molar-refractivity contribution in [1.29, 1.82) is 0 Å². The van der Waals surface area contributed by atoms with Gasteiger partial charge in [0.2, 0.25) is 23.3 Å². The van der Waals surface area contributed by atoms with Gasteiger partial charge in [0.05, 0.1) is 11.5 Å². The van der Waals surface area contributed by atoms with E-state index in [9.17, 15) is 19.6 Å².